The zero-order valence-corrected chi connectivity index (χ0v) is 17.7. The largest absolute Gasteiger partial charge is 0.489 e. The standard InChI is InChI=1S/C21H28FN3O5/c1-21(2,3)30-20(28)24-11-14(10-22)13-29-16-5-6-17-15(9-16)7-8-25(19(17)27)12-18(26)23-4/h5-6,9-10H,7-8,11-13H2,1-4H3,(H,23,26)(H,24,28)/b14-10+. The molecule has 0 aliphatic carbocycles. The van der Waals surface area contributed by atoms with Crippen LogP contribution in [0, 0.1) is 0 Å². The van der Waals surface area contributed by atoms with Crippen molar-refractivity contribution in [2.45, 2.75) is 32.8 Å². The maximum Gasteiger partial charge on any atom is 0.407 e. The molecule has 1 aromatic rings. The maximum absolute atomic E-state index is 13.1. The Kier molecular flexibility index (Phi) is 7.79. The Morgan fingerprint density at radius 1 is 1.30 bits per heavy atom. The fourth-order valence-electron chi connectivity index (χ4n) is 2.80. The predicted molar refractivity (Wildman–Crippen MR) is 109 cm³/mol. The van der Waals surface area contributed by atoms with Crippen LogP contribution in [0.25, 0.3) is 0 Å². The van der Waals surface area contributed by atoms with Crippen LogP contribution in [0.4, 0.5) is 9.18 Å². The van der Waals surface area contributed by atoms with E-state index in [4.69, 9.17) is 9.47 Å². The Hall–Kier alpha value is -3.10. The van der Waals surface area contributed by atoms with Crippen molar-refractivity contribution in [3.63, 3.8) is 0 Å². The average Bonchev–Trinajstić information content (AvgIpc) is 2.68. The SMILES string of the molecule is CNC(=O)CN1CCc2cc(OC/C(=C/F)CNC(=O)OC(C)(C)C)ccc2C1=O. The lowest BCUT2D eigenvalue weighted by Crippen LogP contribution is -2.43. The first-order chi connectivity index (χ1) is 14.1. The van der Waals surface area contributed by atoms with Gasteiger partial charge in [-0.15, -0.1) is 0 Å². The molecule has 0 spiro atoms. The van der Waals surface area contributed by atoms with E-state index in [1.165, 1.54) is 11.9 Å². The molecule has 0 bridgehead atoms. The van der Waals surface area contributed by atoms with Crippen molar-refractivity contribution in [3.05, 3.63) is 41.2 Å². The van der Waals surface area contributed by atoms with Gasteiger partial charge < -0.3 is 25.0 Å². The van der Waals surface area contributed by atoms with Crippen molar-refractivity contribution in [2.75, 3.05) is 33.3 Å². The lowest BCUT2D eigenvalue weighted by Gasteiger charge is -2.28. The minimum absolute atomic E-state index is 0.0162. The normalized spacial score (nSPS) is 14.1. The van der Waals surface area contributed by atoms with E-state index in [-0.39, 0.29) is 37.1 Å². The molecule has 3 amide bonds. The summed E-state index contributed by atoms with van der Waals surface area (Å²) in [4.78, 5) is 37.2. The highest BCUT2D eigenvalue weighted by atomic mass is 19.1. The van der Waals surface area contributed by atoms with Gasteiger partial charge in [0.1, 0.15) is 18.0 Å². The summed E-state index contributed by atoms with van der Waals surface area (Å²) in [6.07, 6.45) is 0.326. The van der Waals surface area contributed by atoms with E-state index < -0.39 is 11.7 Å². The molecule has 1 heterocycles. The lowest BCUT2D eigenvalue weighted by molar-refractivity contribution is -0.121. The minimum Gasteiger partial charge on any atom is -0.489 e. The van der Waals surface area contributed by atoms with Gasteiger partial charge in [0.15, 0.2) is 0 Å². The van der Waals surface area contributed by atoms with E-state index >= 15 is 0 Å². The van der Waals surface area contributed by atoms with Crippen LogP contribution in [0.1, 0.15) is 36.7 Å². The second-order valence-corrected chi connectivity index (χ2v) is 7.88. The van der Waals surface area contributed by atoms with Gasteiger partial charge in [0.2, 0.25) is 5.91 Å². The van der Waals surface area contributed by atoms with Gasteiger partial charge in [-0.05, 0) is 51.0 Å². The summed E-state index contributed by atoms with van der Waals surface area (Å²) < 4.78 is 23.9. The Balaban J connectivity index is 1.92. The zero-order valence-electron chi connectivity index (χ0n) is 17.7. The Bertz CT molecular complexity index is 832. The fourth-order valence-corrected chi connectivity index (χ4v) is 2.80. The van der Waals surface area contributed by atoms with E-state index in [0.29, 0.717) is 30.6 Å². The second kappa shape index (κ2) is 10.1. The van der Waals surface area contributed by atoms with Crippen molar-refractivity contribution >= 4 is 17.9 Å². The predicted octanol–water partition coefficient (Wildman–Crippen LogP) is 2.19. The summed E-state index contributed by atoms with van der Waals surface area (Å²) >= 11 is 0. The molecule has 0 unspecified atom stereocenters. The number of alkyl carbamates (subject to hydrolysis) is 1. The number of carbonyl (C=O) groups is 3. The molecule has 2 rings (SSSR count). The summed E-state index contributed by atoms with van der Waals surface area (Å²) in [5.74, 6) is 0.0486. The van der Waals surface area contributed by atoms with Crippen LogP contribution in [0.15, 0.2) is 30.1 Å². The number of nitrogens with zero attached hydrogens (tertiary/aromatic N) is 1. The minimum atomic E-state index is -0.643. The third kappa shape index (κ3) is 6.75. The first kappa shape index (κ1) is 23.2. The van der Waals surface area contributed by atoms with Crippen LogP contribution in [-0.2, 0) is 16.0 Å². The quantitative estimate of drug-likeness (QED) is 0.704. The van der Waals surface area contributed by atoms with E-state index in [0.717, 1.165) is 5.56 Å². The first-order valence-corrected chi connectivity index (χ1v) is 9.63. The number of nitrogens with one attached hydrogen (secondary N) is 2. The number of hydrogen-bond donors (Lipinski definition) is 2. The smallest absolute Gasteiger partial charge is 0.407 e. The monoisotopic (exact) mass is 421 g/mol. The summed E-state index contributed by atoms with van der Waals surface area (Å²) in [5.41, 5.74) is 0.913. The van der Waals surface area contributed by atoms with Crippen LogP contribution < -0.4 is 15.4 Å². The Morgan fingerprint density at radius 3 is 2.67 bits per heavy atom. The van der Waals surface area contributed by atoms with Gasteiger partial charge in [-0.3, -0.25) is 9.59 Å². The molecule has 30 heavy (non-hydrogen) atoms. The van der Waals surface area contributed by atoms with Crippen LogP contribution >= 0.6 is 0 Å². The van der Waals surface area contributed by atoms with Crippen molar-refractivity contribution in [3.8, 4) is 5.75 Å². The topological polar surface area (TPSA) is 97.0 Å². The molecule has 164 valence electrons. The van der Waals surface area contributed by atoms with Crippen molar-refractivity contribution < 1.29 is 28.2 Å². The number of likely N-dealkylation sites (N-methyl/N-ethyl adjacent to an activating group) is 1. The van der Waals surface area contributed by atoms with Gasteiger partial charge in [0.05, 0.1) is 12.9 Å². The van der Waals surface area contributed by atoms with E-state index in [9.17, 15) is 18.8 Å². The first-order valence-electron chi connectivity index (χ1n) is 9.63. The van der Waals surface area contributed by atoms with E-state index in [1.807, 2.05) is 0 Å². The number of amides is 3. The van der Waals surface area contributed by atoms with E-state index in [2.05, 4.69) is 10.6 Å². The van der Waals surface area contributed by atoms with Crippen molar-refractivity contribution in [2.24, 2.45) is 0 Å². The molecule has 9 heteroatoms. The molecule has 8 nitrogen and oxygen atoms in total. The highest BCUT2D eigenvalue weighted by Crippen LogP contribution is 2.24. The molecule has 0 atom stereocenters. The molecule has 1 aromatic carbocycles. The highest BCUT2D eigenvalue weighted by molar-refractivity contribution is 5.98. The van der Waals surface area contributed by atoms with Crippen molar-refractivity contribution in [1.82, 2.24) is 15.5 Å². The average molecular weight is 421 g/mol. The summed E-state index contributed by atoms with van der Waals surface area (Å²) in [7, 11) is 1.53. The van der Waals surface area contributed by atoms with Crippen LogP contribution in [0.5, 0.6) is 5.75 Å². The number of benzene rings is 1. The Morgan fingerprint density at radius 2 is 2.03 bits per heavy atom. The number of carbonyl (C=O) groups excluding carboxylic acids is 3. The molecule has 1 aliphatic rings. The summed E-state index contributed by atoms with van der Waals surface area (Å²) in [5, 5.41) is 4.98. The number of halogens is 1. The van der Waals surface area contributed by atoms with Crippen LogP contribution in [0.3, 0.4) is 0 Å². The molecule has 0 radical (unpaired) electrons. The van der Waals surface area contributed by atoms with E-state index in [1.54, 1.807) is 39.0 Å². The molecule has 1 aliphatic heterocycles. The van der Waals surface area contributed by atoms with Gasteiger partial charge in [0, 0.05) is 31.3 Å². The fraction of sp³-hybridized carbons (Fsp3) is 0.476. The number of rotatable bonds is 7. The zero-order chi connectivity index (χ0) is 22.3. The molecule has 0 saturated heterocycles. The molecular formula is C21H28FN3O5. The highest BCUT2D eigenvalue weighted by Gasteiger charge is 2.26. The second-order valence-electron chi connectivity index (χ2n) is 7.88. The van der Waals surface area contributed by atoms with Gasteiger partial charge >= 0.3 is 6.09 Å². The van der Waals surface area contributed by atoms with Gasteiger partial charge in [-0.2, -0.15) is 0 Å². The maximum atomic E-state index is 13.1. The molecule has 2 N–H and O–H groups in total. The van der Waals surface area contributed by atoms with Crippen LogP contribution in [0.2, 0.25) is 0 Å². The third-order valence-corrected chi connectivity index (χ3v) is 4.30. The molecular weight excluding hydrogens is 393 g/mol. The Labute approximate surface area is 175 Å². The van der Waals surface area contributed by atoms with Gasteiger partial charge in [-0.1, -0.05) is 0 Å². The molecule has 0 fully saturated rings. The molecule has 0 saturated carbocycles. The summed E-state index contributed by atoms with van der Waals surface area (Å²) in [6.45, 7) is 5.53. The van der Waals surface area contributed by atoms with Crippen molar-refractivity contribution in [1.29, 1.82) is 0 Å². The molecule has 0 aromatic heterocycles. The van der Waals surface area contributed by atoms with Crippen LogP contribution in [-0.4, -0.2) is 61.7 Å². The number of ether oxygens (including phenoxy) is 2. The lowest BCUT2D eigenvalue weighted by atomic mass is 9.98. The van der Waals surface area contributed by atoms with Gasteiger partial charge in [-0.25, -0.2) is 9.18 Å². The summed E-state index contributed by atoms with van der Waals surface area (Å²) in [6, 6.07) is 5.00. The number of hydrogen-bond acceptors (Lipinski definition) is 5. The van der Waals surface area contributed by atoms with Gasteiger partial charge in [0.25, 0.3) is 5.91 Å². The number of fused-ring (bicyclic) bond motifs is 1. The third-order valence-electron chi connectivity index (χ3n) is 4.30.